The normalized spacial score (nSPS) is 10.8. The summed E-state index contributed by atoms with van der Waals surface area (Å²) < 4.78 is 6.64. The predicted octanol–water partition coefficient (Wildman–Crippen LogP) is 3.14. The van der Waals surface area contributed by atoms with Crippen molar-refractivity contribution in [3.05, 3.63) is 73.6 Å². The molecule has 0 fully saturated rings. The quantitative estimate of drug-likeness (QED) is 0.308. The topological polar surface area (TPSA) is 107 Å². The van der Waals surface area contributed by atoms with Crippen molar-refractivity contribution in [1.82, 2.24) is 9.55 Å². The molecule has 1 N–H and O–H groups in total. The minimum absolute atomic E-state index is 0.00838. The highest BCUT2D eigenvalue weighted by atomic mass is 35.5. The van der Waals surface area contributed by atoms with Crippen LogP contribution in [0.2, 0.25) is 5.02 Å². The molecule has 0 spiro atoms. The number of ether oxygens (including phenoxy) is 1. The highest BCUT2D eigenvalue weighted by Gasteiger charge is 2.21. The van der Waals surface area contributed by atoms with Crippen LogP contribution in [0.25, 0.3) is 11.0 Å². The van der Waals surface area contributed by atoms with Crippen molar-refractivity contribution in [2.24, 2.45) is 0 Å². The zero-order valence-corrected chi connectivity index (χ0v) is 14.2. The van der Waals surface area contributed by atoms with Gasteiger partial charge in [-0.2, -0.15) is 0 Å². The van der Waals surface area contributed by atoms with Crippen molar-refractivity contribution >= 4 is 34.3 Å². The van der Waals surface area contributed by atoms with Crippen LogP contribution < -0.4 is 5.69 Å². The second kappa shape index (κ2) is 7.40. The lowest BCUT2D eigenvalue weighted by Gasteiger charge is -2.07. The van der Waals surface area contributed by atoms with Crippen LogP contribution in [0.3, 0.4) is 0 Å². The second-order valence-electron chi connectivity index (χ2n) is 5.51. The van der Waals surface area contributed by atoms with E-state index in [9.17, 15) is 19.7 Å². The molecule has 9 heteroatoms. The Morgan fingerprint density at radius 1 is 1.27 bits per heavy atom. The van der Waals surface area contributed by atoms with Gasteiger partial charge in [0.25, 0.3) is 5.69 Å². The zero-order valence-electron chi connectivity index (χ0n) is 13.5. The molecule has 0 aliphatic heterocycles. The van der Waals surface area contributed by atoms with Crippen LogP contribution in [0.5, 0.6) is 0 Å². The number of aromatic nitrogens is 2. The molecule has 0 unspecified atom stereocenters. The lowest BCUT2D eigenvalue weighted by molar-refractivity contribution is -0.385. The predicted molar refractivity (Wildman–Crippen MR) is 95.6 cm³/mol. The molecule has 3 aromatic rings. The number of nitro groups is 1. The van der Waals surface area contributed by atoms with E-state index in [0.29, 0.717) is 13.0 Å². The number of nitrogens with one attached hydrogen (secondary N) is 1. The standard InChI is InChI=1S/C17H14ClN3O5/c18-11-6-7-14(21(24)25)12(10-11)16(22)26-9-3-8-20-15-5-2-1-4-13(15)19-17(20)23/h1-2,4-7,10H,3,8-9H2,(H,19,23). The van der Waals surface area contributed by atoms with Gasteiger partial charge in [-0.05, 0) is 30.7 Å². The summed E-state index contributed by atoms with van der Waals surface area (Å²) in [5, 5.41) is 11.2. The Balaban J connectivity index is 1.64. The van der Waals surface area contributed by atoms with Crippen LogP contribution in [0.1, 0.15) is 16.8 Å². The van der Waals surface area contributed by atoms with Crippen molar-refractivity contribution in [1.29, 1.82) is 0 Å². The van der Waals surface area contributed by atoms with E-state index in [2.05, 4.69) is 4.98 Å². The number of benzene rings is 2. The van der Waals surface area contributed by atoms with Gasteiger partial charge >= 0.3 is 11.7 Å². The summed E-state index contributed by atoms with van der Waals surface area (Å²) in [6.45, 7) is 0.349. The van der Waals surface area contributed by atoms with Crippen LogP contribution in [-0.2, 0) is 11.3 Å². The van der Waals surface area contributed by atoms with E-state index in [1.165, 1.54) is 12.1 Å². The molecule has 1 heterocycles. The number of H-pyrrole nitrogens is 1. The number of aromatic amines is 1. The number of hydrogen-bond donors (Lipinski definition) is 1. The third-order valence-corrected chi connectivity index (χ3v) is 4.05. The molecular formula is C17H14ClN3O5. The summed E-state index contributed by atoms with van der Waals surface area (Å²) in [5.41, 5.74) is 0.667. The van der Waals surface area contributed by atoms with Gasteiger partial charge < -0.3 is 9.72 Å². The molecule has 0 amide bonds. The number of para-hydroxylation sites is 2. The number of nitrogens with zero attached hydrogens (tertiary/aromatic N) is 2. The van der Waals surface area contributed by atoms with Crippen molar-refractivity contribution in [3.8, 4) is 0 Å². The van der Waals surface area contributed by atoms with E-state index in [0.717, 1.165) is 17.1 Å². The number of rotatable bonds is 6. The lowest BCUT2D eigenvalue weighted by Crippen LogP contribution is -2.18. The number of fused-ring (bicyclic) bond motifs is 1. The number of carbonyl (C=O) groups excluding carboxylic acids is 1. The summed E-state index contributed by atoms with van der Waals surface area (Å²) in [4.78, 5) is 37.1. The summed E-state index contributed by atoms with van der Waals surface area (Å²) in [5.74, 6) is -0.828. The third-order valence-electron chi connectivity index (χ3n) is 3.82. The average Bonchev–Trinajstić information content (AvgIpc) is 2.93. The fourth-order valence-corrected chi connectivity index (χ4v) is 2.80. The van der Waals surface area contributed by atoms with Gasteiger partial charge in [0, 0.05) is 17.6 Å². The summed E-state index contributed by atoms with van der Waals surface area (Å²) in [6, 6.07) is 10.9. The molecule has 0 radical (unpaired) electrons. The van der Waals surface area contributed by atoms with Crippen LogP contribution in [0.4, 0.5) is 5.69 Å². The second-order valence-corrected chi connectivity index (χ2v) is 5.94. The molecule has 26 heavy (non-hydrogen) atoms. The number of carbonyl (C=O) groups is 1. The van der Waals surface area contributed by atoms with Crippen molar-refractivity contribution in [2.45, 2.75) is 13.0 Å². The average molecular weight is 376 g/mol. The molecule has 0 atom stereocenters. The van der Waals surface area contributed by atoms with E-state index < -0.39 is 10.9 Å². The van der Waals surface area contributed by atoms with Gasteiger partial charge in [0.1, 0.15) is 5.56 Å². The number of nitro benzene ring substituents is 1. The lowest BCUT2D eigenvalue weighted by atomic mass is 10.2. The Hall–Kier alpha value is -3.13. The minimum Gasteiger partial charge on any atom is -0.462 e. The van der Waals surface area contributed by atoms with Crippen LogP contribution in [0, 0.1) is 10.1 Å². The molecule has 0 aliphatic rings. The largest absolute Gasteiger partial charge is 0.462 e. The van der Waals surface area contributed by atoms with Gasteiger partial charge in [-0.25, -0.2) is 9.59 Å². The Labute approximate surface area is 152 Å². The number of imidazole rings is 1. The molecule has 0 aliphatic carbocycles. The highest BCUT2D eigenvalue weighted by molar-refractivity contribution is 6.31. The first-order valence-corrected chi connectivity index (χ1v) is 8.14. The Kier molecular flexibility index (Phi) is 5.04. The van der Waals surface area contributed by atoms with E-state index in [1.54, 1.807) is 10.6 Å². The molecule has 3 rings (SSSR count). The minimum atomic E-state index is -0.828. The maximum Gasteiger partial charge on any atom is 0.345 e. The summed E-state index contributed by atoms with van der Waals surface area (Å²) in [7, 11) is 0. The molecule has 134 valence electrons. The summed E-state index contributed by atoms with van der Waals surface area (Å²) in [6.07, 6.45) is 0.377. The van der Waals surface area contributed by atoms with Crippen LogP contribution in [-0.4, -0.2) is 27.1 Å². The van der Waals surface area contributed by atoms with Crippen molar-refractivity contribution in [2.75, 3.05) is 6.61 Å². The van der Waals surface area contributed by atoms with Crippen LogP contribution in [0.15, 0.2) is 47.3 Å². The van der Waals surface area contributed by atoms with E-state index in [1.807, 2.05) is 18.2 Å². The molecule has 0 bridgehead atoms. The zero-order chi connectivity index (χ0) is 18.7. The third kappa shape index (κ3) is 3.60. The molecule has 0 saturated carbocycles. The fraction of sp³-hybridized carbons (Fsp3) is 0.176. The smallest absolute Gasteiger partial charge is 0.345 e. The van der Waals surface area contributed by atoms with Crippen molar-refractivity contribution in [3.63, 3.8) is 0 Å². The number of aryl methyl sites for hydroxylation is 1. The number of halogens is 1. The van der Waals surface area contributed by atoms with Gasteiger partial charge in [-0.15, -0.1) is 0 Å². The molecule has 8 nitrogen and oxygen atoms in total. The molecule has 1 aromatic heterocycles. The Morgan fingerprint density at radius 2 is 2.04 bits per heavy atom. The van der Waals surface area contributed by atoms with E-state index in [4.69, 9.17) is 16.3 Å². The highest BCUT2D eigenvalue weighted by Crippen LogP contribution is 2.23. The van der Waals surface area contributed by atoms with Gasteiger partial charge in [0.05, 0.1) is 22.6 Å². The Bertz CT molecular complexity index is 1040. The fourth-order valence-electron chi connectivity index (χ4n) is 2.63. The number of esters is 1. The van der Waals surface area contributed by atoms with E-state index >= 15 is 0 Å². The first-order chi connectivity index (χ1) is 12.5. The summed E-state index contributed by atoms with van der Waals surface area (Å²) >= 11 is 5.80. The molecule has 2 aromatic carbocycles. The van der Waals surface area contributed by atoms with E-state index in [-0.39, 0.29) is 28.6 Å². The van der Waals surface area contributed by atoms with Gasteiger partial charge in [0.15, 0.2) is 0 Å². The monoisotopic (exact) mass is 375 g/mol. The van der Waals surface area contributed by atoms with Gasteiger partial charge in [0.2, 0.25) is 0 Å². The first-order valence-electron chi connectivity index (χ1n) is 7.76. The van der Waals surface area contributed by atoms with Crippen molar-refractivity contribution < 1.29 is 14.5 Å². The first kappa shape index (κ1) is 17.7. The van der Waals surface area contributed by atoms with Gasteiger partial charge in [-0.1, -0.05) is 23.7 Å². The van der Waals surface area contributed by atoms with Gasteiger partial charge in [-0.3, -0.25) is 14.7 Å². The Morgan fingerprint density at radius 3 is 2.81 bits per heavy atom. The maximum atomic E-state index is 12.1. The molecule has 0 saturated heterocycles. The number of hydrogen-bond acceptors (Lipinski definition) is 5. The SMILES string of the molecule is O=C(OCCCn1c(=O)[nH]c2ccccc21)c1cc(Cl)ccc1[N+](=O)[O-]. The van der Waals surface area contributed by atoms with Crippen LogP contribution >= 0.6 is 11.6 Å². The molecular weight excluding hydrogens is 362 g/mol. The maximum absolute atomic E-state index is 12.1.